The molecule has 0 saturated carbocycles. The maximum Gasteiger partial charge on any atom is 0.127 e. The van der Waals surface area contributed by atoms with E-state index in [4.69, 9.17) is 14.5 Å². The van der Waals surface area contributed by atoms with Crippen molar-refractivity contribution in [2.75, 3.05) is 14.2 Å². The van der Waals surface area contributed by atoms with Crippen LogP contribution < -0.4 is 9.47 Å². The van der Waals surface area contributed by atoms with Gasteiger partial charge in [-0.15, -0.1) is 0 Å². The molecule has 0 radical (unpaired) electrons. The summed E-state index contributed by atoms with van der Waals surface area (Å²) >= 11 is 3.52. The molecule has 0 heterocycles. The molecular formula is C25H20BrNO2. The number of fused-ring (bicyclic) bond motifs is 1. The minimum absolute atomic E-state index is 0.814. The van der Waals surface area contributed by atoms with Crippen molar-refractivity contribution in [2.45, 2.75) is 0 Å². The second-order valence-electron chi connectivity index (χ2n) is 6.55. The first-order chi connectivity index (χ1) is 14.2. The van der Waals surface area contributed by atoms with Gasteiger partial charge in [0.05, 0.1) is 19.9 Å². The van der Waals surface area contributed by atoms with Gasteiger partial charge in [0.25, 0.3) is 0 Å². The lowest BCUT2D eigenvalue weighted by molar-refractivity contribution is 0.415. The van der Waals surface area contributed by atoms with Crippen LogP contribution in [0.3, 0.4) is 0 Å². The van der Waals surface area contributed by atoms with Gasteiger partial charge in [0.2, 0.25) is 0 Å². The third kappa shape index (κ3) is 4.03. The lowest BCUT2D eigenvalue weighted by atomic mass is 9.94. The summed E-state index contributed by atoms with van der Waals surface area (Å²) in [5.74, 6) is 1.66. The molecular weight excluding hydrogens is 426 g/mol. The Hall–Kier alpha value is -3.11. The van der Waals surface area contributed by atoms with Crippen LogP contribution in [0.2, 0.25) is 0 Å². The number of methoxy groups -OCH3 is 2. The number of ether oxygens (including phenoxy) is 2. The molecule has 4 aromatic carbocycles. The molecule has 4 rings (SSSR count). The van der Waals surface area contributed by atoms with Crippen LogP contribution in [0.4, 0.5) is 5.69 Å². The SMILES string of the molecule is COc1ccc(N=Cc2c(-c3ccc(Br)cc3)cc(OC)c3ccccc23)cc1. The highest BCUT2D eigenvalue weighted by Crippen LogP contribution is 2.36. The predicted molar refractivity (Wildman–Crippen MR) is 124 cm³/mol. The molecule has 0 aliphatic rings. The molecule has 4 heteroatoms. The second kappa shape index (κ2) is 8.50. The van der Waals surface area contributed by atoms with E-state index < -0.39 is 0 Å². The quantitative estimate of drug-likeness (QED) is 0.308. The molecule has 0 fully saturated rings. The summed E-state index contributed by atoms with van der Waals surface area (Å²) < 4.78 is 12.0. The van der Waals surface area contributed by atoms with Gasteiger partial charge in [0, 0.05) is 21.6 Å². The molecule has 0 aliphatic heterocycles. The molecule has 3 nitrogen and oxygen atoms in total. The van der Waals surface area contributed by atoms with E-state index in [-0.39, 0.29) is 0 Å². The average molecular weight is 446 g/mol. The molecule has 0 N–H and O–H groups in total. The van der Waals surface area contributed by atoms with Crippen molar-refractivity contribution in [3.63, 3.8) is 0 Å². The van der Waals surface area contributed by atoms with Gasteiger partial charge in [0.1, 0.15) is 11.5 Å². The highest BCUT2D eigenvalue weighted by molar-refractivity contribution is 9.10. The number of hydrogen-bond acceptors (Lipinski definition) is 3. The standard InChI is InChI=1S/C25H20BrNO2/c1-28-20-13-11-19(12-14-20)27-16-24-21-5-3-4-6-22(21)25(29-2)15-23(24)17-7-9-18(26)10-8-17/h3-16H,1-2H3. The Morgan fingerprint density at radius 3 is 2.14 bits per heavy atom. The summed E-state index contributed by atoms with van der Waals surface area (Å²) in [4.78, 5) is 4.73. The minimum atomic E-state index is 0.814. The maximum absolute atomic E-state index is 5.69. The second-order valence-corrected chi connectivity index (χ2v) is 7.46. The number of benzene rings is 4. The van der Waals surface area contributed by atoms with Crippen molar-refractivity contribution >= 4 is 38.6 Å². The third-order valence-electron chi connectivity index (χ3n) is 4.84. The van der Waals surface area contributed by atoms with E-state index in [1.807, 2.05) is 54.7 Å². The molecule has 0 saturated heterocycles. The largest absolute Gasteiger partial charge is 0.497 e. The Labute approximate surface area is 178 Å². The zero-order valence-electron chi connectivity index (χ0n) is 16.2. The minimum Gasteiger partial charge on any atom is -0.497 e. The molecule has 0 aromatic heterocycles. The van der Waals surface area contributed by atoms with Gasteiger partial charge in [0.15, 0.2) is 0 Å². The molecule has 29 heavy (non-hydrogen) atoms. The molecule has 0 bridgehead atoms. The normalized spacial score (nSPS) is 11.1. The van der Waals surface area contributed by atoms with Gasteiger partial charge in [-0.25, -0.2) is 0 Å². The molecule has 0 amide bonds. The number of aliphatic imine (C=N–C) groups is 1. The molecule has 4 aromatic rings. The molecule has 0 aliphatic carbocycles. The molecule has 144 valence electrons. The van der Waals surface area contributed by atoms with E-state index >= 15 is 0 Å². The summed E-state index contributed by atoms with van der Waals surface area (Å²) in [5, 5.41) is 2.16. The first-order valence-electron chi connectivity index (χ1n) is 9.23. The maximum atomic E-state index is 5.69. The van der Waals surface area contributed by atoms with Crippen LogP contribution in [0.15, 0.2) is 88.3 Å². The van der Waals surface area contributed by atoms with Gasteiger partial charge < -0.3 is 9.47 Å². The zero-order chi connectivity index (χ0) is 20.2. The van der Waals surface area contributed by atoms with Crippen molar-refractivity contribution in [3.8, 4) is 22.6 Å². The van der Waals surface area contributed by atoms with E-state index in [2.05, 4.69) is 46.3 Å². The summed E-state index contributed by atoms with van der Waals surface area (Å²) in [5.41, 5.74) is 4.10. The molecule has 0 unspecified atom stereocenters. The fourth-order valence-corrected chi connectivity index (χ4v) is 3.61. The Morgan fingerprint density at radius 2 is 1.48 bits per heavy atom. The number of rotatable bonds is 5. The van der Waals surface area contributed by atoms with Gasteiger partial charge >= 0.3 is 0 Å². The van der Waals surface area contributed by atoms with E-state index in [0.717, 1.165) is 49.1 Å². The first kappa shape index (κ1) is 19.2. The van der Waals surface area contributed by atoms with Crippen LogP contribution in [0, 0.1) is 0 Å². The zero-order valence-corrected chi connectivity index (χ0v) is 17.8. The van der Waals surface area contributed by atoms with E-state index in [9.17, 15) is 0 Å². The van der Waals surface area contributed by atoms with Crippen LogP contribution >= 0.6 is 15.9 Å². The Bertz CT molecular complexity index is 1170. The first-order valence-corrected chi connectivity index (χ1v) is 10.0. The van der Waals surface area contributed by atoms with Gasteiger partial charge in [-0.2, -0.15) is 0 Å². The van der Waals surface area contributed by atoms with E-state index in [0.29, 0.717) is 0 Å². The molecule has 0 atom stereocenters. The van der Waals surface area contributed by atoms with Crippen molar-refractivity contribution in [2.24, 2.45) is 4.99 Å². The van der Waals surface area contributed by atoms with Gasteiger partial charge in [-0.1, -0.05) is 52.3 Å². The number of halogens is 1. The lowest BCUT2D eigenvalue weighted by Gasteiger charge is -2.14. The average Bonchev–Trinajstić information content (AvgIpc) is 2.78. The van der Waals surface area contributed by atoms with E-state index in [1.165, 1.54) is 0 Å². The van der Waals surface area contributed by atoms with Crippen LogP contribution in [-0.4, -0.2) is 20.4 Å². The fraction of sp³-hybridized carbons (Fsp3) is 0.0800. The lowest BCUT2D eigenvalue weighted by Crippen LogP contribution is -1.95. The van der Waals surface area contributed by atoms with Gasteiger partial charge in [-0.05, 0) is 59.0 Å². The Balaban J connectivity index is 1.90. The topological polar surface area (TPSA) is 30.8 Å². The monoisotopic (exact) mass is 445 g/mol. The van der Waals surface area contributed by atoms with Gasteiger partial charge in [-0.3, -0.25) is 4.99 Å². The smallest absolute Gasteiger partial charge is 0.127 e. The number of nitrogens with zero attached hydrogens (tertiary/aromatic N) is 1. The van der Waals surface area contributed by atoms with Crippen LogP contribution in [0.1, 0.15) is 5.56 Å². The fourth-order valence-electron chi connectivity index (χ4n) is 3.35. The van der Waals surface area contributed by atoms with Crippen molar-refractivity contribution in [1.82, 2.24) is 0 Å². The summed E-state index contributed by atoms with van der Waals surface area (Å²) in [7, 11) is 3.37. The number of hydrogen-bond donors (Lipinski definition) is 0. The summed E-state index contributed by atoms with van der Waals surface area (Å²) in [6.45, 7) is 0. The van der Waals surface area contributed by atoms with Crippen molar-refractivity contribution < 1.29 is 9.47 Å². The Kier molecular flexibility index (Phi) is 5.63. The predicted octanol–water partition coefficient (Wildman–Crippen LogP) is 7.04. The van der Waals surface area contributed by atoms with Crippen LogP contribution in [0.25, 0.3) is 21.9 Å². The van der Waals surface area contributed by atoms with Crippen molar-refractivity contribution in [3.05, 3.63) is 88.9 Å². The highest BCUT2D eigenvalue weighted by Gasteiger charge is 2.13. The highest BCUT2D eigenvalue weighted by atomic mass is 79.9. The molecule has 0 spiro atoms. The summed E-state index contributed by atoms with van der Waals surface area (Å²) in [6, 6.07) is 26.3. The Morgan fingerprint density at radius 1 is 0.793 bits per heavy atom. The van der Waals surface area contributed by atoms with Crippen molar-refractivity contribution in [1.29, 1.82) is 0 Å². The summed E-state index contributed by atoms with van der Waals surface area (Å²) in [6.07, 6.45) is 1.93. The van der Waals surface area contributed by atoms with Crippen LogP contribution in [-0.2, 0) is 0 Å². The van der Waals surface area contributed by atoms with Crippen LogP contribution in [0.5, 0.6) is 11.5 Å². The third-order valence-corrected chi connectivity index (χ3v) is 5.37. The van der Waals surface area contributed by atoms with E-state index in [1.54, 1.807) is 14.2 Å².